The molecule has 0 bridgehead atoms. The highest BCUT2D eigenvalue weighted by Crippen LogP contribution is 2.33. The Hall–Kier alpha value is -1.00. The largest absolute Gasteiger partial charge is 0.487 e. The van der Waals surface area contributed by atoms with E-state index < -0.39 is 5.82 Å². The van der Waals surface area contributed by atoms with Gasteiger partial charge in [-0.25, -0.2) is 4.39 Å². The van der Waals surface area contributed by atoms with E-state index in [4.69, 9.17) is 39.5 Å². The van der Waals surface area contributed by atoms with Gasteiger partial charge in [-0.2, -0.15) is 0 Å². The Morgan fingerprint density at radius 3 is 2.55 bits per heavy atom. The first-order chi connectivity index (χ1) is 9.52. The zero-order valence-corrected chi connectivity index (χ0v) is 12.4. The Morgan fingerprint density at radius 2 is 1.85 bits per heavy atom. The molecule has 2 rings (SSSR count). The minimum Gasteiger partial charge on any atom is -0.487 e. The van der Waals surface area contributed by atoms with Crippen molar-refractivity contribution in [2.75, 3.05) is 0 Å². The molecule has 0 heterocycles. The molecule has 20 heavy (non-hydrogen) atoms. The lowest BCUT2D eigenvalue weighted by Gasteiger charge is -2.13. The molecular weight excluding hydrogens is 326 g/mol. The number of hydrogen-bond acceptors (Lipinski definition) is 2. The predicted molar refractivity (Wildman–Crippen MR) is 78.1 cm³/mol. The van der Waals surface area contributed by atoms with Crippen molar-refractivity contribution in [1.82, 2.24) is 0 Å². The van der Waals surface area contributed by atoms with Gasteiger partial charge in [-0.15, -0.1) is 0 Å². The topological polar surface area (TPSA) is 29.5 Å². The first-order valence-corrected chi connectivity index (χ1v) is 6.80. The predicted octanol–water partition coefficient (Wildman–Crippen LogP) is 4.86. The molecule has 0 saturated heterocycles. The first kappa shape index (κ1) is 15.4. The van der Waals surface area contributed by atoms with Gasteiger partial charge in [0, 0.05) is 16.1 Å². The van der Waals surface area contributed by atoms with Crippen LogP contribution in [0, 0.1) is 5.82 Å². The molecule has 0 fully saturated rings. The van der Waals surface area contributed by atoms with Crippen LogP contribution < -0.4 is 4.74 Å². The molecule has 0 amide bonds. The highest BCUT2D eigenvalue weighted by atomic mass is 35.5. The fourth-order valence-corrected chi connectivity index (χ4v) is 2.47. The second kappa shape index (κ2) is 6.64. The SMILES string of the molecule is OCc1cc(Cl)cc(Cl)c1OCc1cccc(F)c1Cl. The maximum absolute atomic E-state index is 13.3. The molecule has 0 atom stereocenters. The van der Waals surface area contributed by atoms with E-state index in [9.17, 15) is 9.50 Å². The molecule has 0 saturated carbocycles. The van der Waals surface area contributed by atoms with Crippen LogP contribution in [-0.2, 0) is 13.2 Å². The number of hydrogen-bond donors (Lipinski definition) is 1. The molecule has 0 unspecified atom stereocenters. The summed E-state index contributed by atoms with van der Waals surface area (Å²) in [6.45, 7) is -0.239. The summed E-state index contributed by atoms with van der Waals surface area (Å²) >= 11 is 17.7. The Bertz CT molecular complexity index is 632. The van der Waals surface area contributed by atoms with Gasteiger partial charge in [0.15, 0.2) is 0 Å². The van der Waals surface area contributed by atoms with Gasteiger partial charge in [0.05, 0.1) is 16.7 Å². The third-order valence-electron chi connectivity index (χ3n) is 2.66. The van der Waals surface area contributed by atoms with Crippen molar-refractivity contribution in [2.45, 2.75) is 13.2 Å². The summed E-state index contributed by atoms with van der Waals surface area (Å²) in [5, 5.41) is 9.95. The lowest BCUT2D eigenvalue weighted by Crippen LogP contribution is -2.01. The highest BCUT2D eigenvalue weighted by Gasteiger charge is 2.12. The van der Waals surface area contributed by atoms with Crippen molar-refractivity contribution in [2.24, 2.45) is 0 Å². The van der Waals surface area contributed by atoms with Gasteiger partial charge >= 0.3 is 0 Å². The Balaban J connectivity index is 2.25. The van der Waals surface area contributed by atoms with Gasteiger partial charge in [-0.1, -0.05) is 46.9 Å². The van der Waals surface area contributed by atoms with Crippen LogP contribution in [0.1, 0.15) is 11.1 Å². The molecule has 2 aromatic carbocycles. The minimum absolute atomic E-state index is 0.00290. The third kappa shape index (κ3) is 3.36. The van der Waals surface area contributed by atoms with Crippen molar-refractivity contribution in [1.29, 1.82) is 0 Å². The molecular formula is C14H10Cl3FO2. The minimum atomic E-state index is -0.516. The third-order valence-corrected chi connectivity index (χ3v) is 3.58. The quantitative estimate of drug-likeness (QED) is 0.865. The zero-order valence-electron chi connectivity index (χ0n) is 10.2. The van der Waals surface area contributed by atoms with Crippen LogP contribution in [0.25, 0.3) is 0 Å². The Labute approximate surface area is 130 Å². The number of aliphatic hydroxyl groups is 1. The Morgan fingerprint density at radius 1 is 1.10 bits per heavy atom. The molecule has 106 valence electrons. The fourth-order valence-electron chi connectivity index (χ4n) is 1.70. The smallest absolute Gasteiger partial charge is 0.144 e. The number of halogens is 4. The van der Waals surface area contributed by atoms with Gasteiger partial charge in [-0.3, -0.25) is 0 Å². The molecule has 1 N–H and O–H groups in total. The Kier molecular flexibility index (Phi) is 5.11. The molecule has 0 aliphatic rings. The van der Waals surface area contributed by atoms with Crippen molar-refractivity contribution >= 4 is 34.8 Å². The fraction of sp³-hybridized carbons (Fsp3) is 0.143. The van der Waals surface area contributed by atoms with Crippen LogP contribution in [0.5, 0.6) is 5.75 Å². The second-order valence-electron chi connectivity index (χ2n) is 4.04. The number of rotatable bonds is 4. The molecule has 0 radical (unpaired) electrons. The number of ether oxygens (including phenoxy) is 1. The molecule has 2 nitrogen and oxygen atoms in total. The van der Waals surface area contributed by atoms with Gasteiger partial charge < -0.3 is 9.84 Å². The molecule has 0 aromatic heterocycles. The highest BCUT2D eigenvalue weighted by molar-refractivity contribution is 6.35. The zero-order chi connectivity index (χ0) is 14.7. The van der Waals surface area contributed by atoms with Crippen molar-refractivity contribution < 1.29 is 14.2 Å². The molecule has 2 aromatic rings. The van der Waals surface area contributed by atoms with Crippen LogP contribution in [0.2, 0.25) is 15.1 Å². The maximum atomic E-state index is 13.3. The van der Waals surface area contributed by atoms with Gasteiger partial charge in [0.1, 0.15) is 18.2 Å². The molecule has 0 aliphatic carbocycles. The van der Waals surface area contributed by atoms with Crippen molar-refractivity contribution in [3.8, 4) is 5.75 Å². The number of aliphatic hydroxyl groups excluding tert-OH is 1. The van der Waals surface area contributed by atoms with E-state index in [0.29, 0.717) is 21.9 Å². The molecule has 0 spiro atoms. The summed E-state index contributed by atoms with van der Waals surface area (Å²) in [4.78, 5) is 0. The summed E-state index contributed by atoms with van der Waals surface area (Å²) in [5.41, 5.74) is 0.941. The van der Waals surface area contributed by atoms with Crippen LogP contribution in [-0.4, -0.2) is 5.11 Å². The summed E-state index contributed by atoms with van der Waals surface area (Å²) in [6, 6.07) is 7.51. The summed E-state index contributed by atoms with van der Waals surface area (Å²) in [7, 11) is 0. The van der Waals surface area contributed by atoms with Crippen molar-refractivity contribution in [3.63, 3.8) is 0 Å². The van der Waals surface area contributed by atoms with E-state index in [1.807, 2.05) is 0 Å². The van der Waals surface area contributed by atoms with Crippen LogP contribution in [0.15, 0.2) is 30.3 Å². The first-order valence-electron chi connectivity index (χ1n) is 5.67. The second-order valence-corrected chi connectivity index (χ2v) is 5.26. The lowest BCUT2D eigenvalue weighted by atomic mass is 10.2. The normalized spacial score (nSPS) is 10.7. The molecule has 6 heteroatoms. The summed E-state index contributed by atoms with van der Waals surface area (Å²) in [5.74, 6) is -0.212. The monoisotopic (exact) mass is 334 g/mol. The average Bonchev–Trinajstić information content (AvgIpc) is 2.41. The maximum Gasteiger partial charge on any atom is 0.144 e. The van der Waals surface area contributed by atoms with Crippen molar-refractivity contribution in [3.05, 3.63) is 62.3 Å². The van der Waals surface area contributed by atoms with E-state index in [2.05, 4.69) is 0 Å². The summed E-state index contributed by atoms with van der Waals surface area (Å²) in [6.07, 6.45) is 0. The molecule has 0 aliphatic heterocycles. The van der Waals surface area contributed by atoms with Gasteiger partial charge in [-0.05, 0) is 18.2 Å². The number of benzene rings is 2. The van der Waals surface area contributed by atoms with Crippen LogP contribution >= 0.6 is 34.8 Å². The van der Waals surface area contributed by atoms with E-state index in [-0.39, 0.29) is 23.3 Å². The van der Waals surface area contributed by atoms with E-state index >= 15 is 0 Å². The van der Waals surface area contributed by atoms with E-state index in [1.54, 1.807) is 12.1 Å². The van der Waals surface area contributed by atoms with E-state index in [1.165, 1.54) is 18.2 Å². The van der Waals surface area contributed by atoms with E-state index in [0.717, 1.165) is 0 Å². The summed E-state index contributed by atoms with van der Waals surface area (Å²) < 4.78 is 18.8. The van der Waals surface area contributed by atoms with Crippen LogP contribution in [0.4, 0.5) is 4.39 Å². The average molecular weight is 336 g/mol. The standard InChI is InChI=1S/C14H10Cl3FO2/c15-10-4-9(6-19)14(11(16)5-10)20-7-8-2-1-3-12(18)13(8)17/h1-5,19H,6-7H2. The lowest BCUT2D eigenvalue weighted by molar-refractivity contribution is 0.259. The van der Waals surface area contributed by atoms with Gasteiger partial charge in [0.2, 0.25) is 0 Å². The van der Waals surface area contributed by atoms with Gasteiger partial charge in [0.25, 0.3) is 0 Å². The van der Waals surface area contributed by atoms with Crippen LogP contribution in [0.3, 0.4) is 0 Å².